The van der Waals surface area contributed by atoms with Gasteiger partial charge in [-0.1, -0.05) is 6.42 Å². The molecule has 0 saturated heterocycles. The van der Waals surface area contributed by atoms with Crippen LogP contribution < -0.4 is 16.0 Å². The van der Waals surface area contributed by atoms with Crippen LogP contribution in [0.5, 0.6) is 0 Å². The molecule has 2 unspecified atom stereocenters. The van der Waals surface area contributed by atoms with Gasteiger partial charge in [0.1, 0.15) is 0 Å². The Hall–Kier alpha value is -2.71. The number of amides is 2. The van der Waals surface area contributed by atoms with Gasteiger partial charge in [0.15, 0.2) is 5.13 Å². The molecule has 2 aromatic heterocycles. The molecule has 2 fully saturated rings. The topological polar surface area (TPSA) is 99.2 Å². The summed E-state index contributed by atoms with van der Waals surface area (Å²) in [5, 5.41) is 20.9. The van der Waals surface area contributed by atoms with Gasteiger partial charge in [-0.15, -0.1) is 11.3 Å². The molecule has 2 aliphatic carbocycles. The number of benzene rings is 1. The third-order valence-corrected chi connectivity index (χ3v) is 7.15. The second-order valence-corrected chi connectivity index (χ2v) is 9.18. The zero-order valence-electron chi connectivity index (χ0n) is 16.6. The Labute approximate surface area is 178 Å². The Morgan fingerprint density at radius 3 is 2.70 bits per heavy atom. The number of thiazole rings is 1. The molecule has 4 N–H and O–H groups in total. The molecule has 2 atom stereocenters. The third kappa shape index (κ3) is 3.97. The summed E-state index contributed by atoms with van der Waals surface area (Å²) < 4.78 is 0. The molecule has 0 bridgehead atoms. The lowest BCUT2D eigenvalue weighted by Crippen LogP contribution is -2.28. The van der Waals surface area contributed by atoms with E-state index in [-0.39, 0.29) is 18.2 Å². The molecule has 7 nitrogen and oxygen atoms in total. The third-order valence-electron chi connectivity index (χ3n) is 6.07. The van der Waals surface area contributed by atoms with E-state index in [1.807, 2.05) is 30.5 Å². The van der Waals surface area contributed by atoms with E-state index in [1.165, 1.54) is 24.1 Å². The Bertz CT molecular complexity index is 1060. The zero-order valence-corrected chi connectivity index (χ0v) is 17.4. The summed E-state index contributed by atoms with van der Waals surface area (Å²) in [5.41, 5.74) is 2.43. The van der Waals surface area contributed by atoms with E-state index in [0.29, 0.717) is 16.7 Å². The Morgan fingerprint density at radius 1 is 1.07 bits per heavy atom. The largest absolute Gasteiger partial charge is 0.391 e. The molecule has 0 aliphatic heterocycles. The quantitative estimate of drug-likeness (QED) is 0.466. The number of hydrogen-bond acceptors (Lipinski definition) is 6. The number of rotatable bonds is 5. The van der Waals surface area contributed by atoms with Crippen LogP contribution in [-0.2, 0) is 0 Å². The van der Waals surface area contributed by atoms with Gasteiger partial charge in [-0.25, -0.2) is 9.78 Å². The number of nitrogens with one attached hydrogen (secondary N) is 3. The molecule has 0 spiro atoms. The van der Waals surface area contributed by atoms with Gasteiger partial charge >= 0.3 is 6.03 Å². The molecule has 8 heteroatoms. The van der Waals surface area contributed by atoms with Crippen LogP contribution in [0.2, 0.25) is 0 Å². The summed E-state index contributed by atoms with van der Waals surface area (Å²) in [6.07, 6.45) is 9.81. The van der Waals surface area contributed by atoms with Crippen LogP contribution in [0.3, 0.4) is 0 Å². The van der Waals surface area contributed by atoms with Crippen molar-refractivity contribution >= 4 is 44.8 Å². The highest BCUT2D eigenvalue weighted by atomic mass is 32.1. The number of urea groups is 1. The first-order valence-corrected chi connectivity index (χ1v) is 11.3. The van der Waals surface area contributed by atoms with Crippen molar-refractivity contribution in [3.05, 3.63) is 41.5 Å². The molecule has 156 valence electrons. The predicted molar refractivity (Wildman–Crippen MR) is 120 cm³/mol. The fraction of sp³-hybridized carbons (Fsp3) is 0.409. The van der Waals surface area contributed by atoms with Gasteiger partial charge < -0.3 is 15.7 Å². The molecule has 3 aromatic rings. The van der Waals surface area contributed by atoms with Gasteiger partial charge in [0.2, 0.25) is 0 Å². The zero-order chi connectivity index (χ0) is 20.5. The highest BCUT2D eigenvalue weighted by Gasteiger charge is 2.25. The van der Waals surface area contributed by atoms with Crippen LogP contribution in [0, 0.1) is 0 Å². The number of hydrogen-bond donors (Lipinski definition) is 4. The van der Waals surface area contributed by atoms with Gasteiger partial charge in [-0.3, -0.25) is 10.3 Å². The van der Waals surface area contributed by atoms with Crippen molar-refractivity contribution < 1.29 is 9.90 Å². The monoisotopic (exact) mass is 423 g/mol. The lowest BCUT2D eigenvalue weighted by atomic mass is 9.85. The Balaban J connectivity index is 1.29. The maximum absolute atomic E-state index is 12.5. The second kappa shape index (κ2) is 8.20. The number of nitrogens with zero attached hydrogens (tertiary/aromatic N) is 2. The average molecular weight is 424 g/mol. The standard InChI is InChI=1S/C22H25N5O2S/c28-19-6-2-5-18(19)26-17-9-10-23-16-8-7-14(11-15(16)17)25-21(29)27-22-24-12-20(30-22)13-3-1-4-13/h7-13,18-19,28H,1-6H2,(H,23,26)(H2,24,25,27,29). The first-order chi connectivity index (χ1) is 14.7. The van der Waals surface area contributed by atoms with Crippen molar-refractivity contribution in [3.8, 4) is 0 Å². The maximum atomic E-state index is 12.5. The molecule has 2 saturated carbocycles. The van der Waals surface area contributed by atoms with E-state index in [0.717, 1.165) is 35.9 Å². The van der Waals surface area contributed by atoms with E-state index >= 15 is 0 Å². The number of pyridine rings is 1. The lowest BCUT2D eigenvalue weighted by molar-refractivity contribution is 0.172. The van der Waals surface area contributed by atoms with Gasteiger partial charge in [0.25, 0.3) is 0 Å². The number of aliphatic hydroxyl groups excluding tert-OH is 1. The highest BCUT2D eigenvalue weighted by molar-refractivity contribution is 7.15. The molecule has 1 aromatic carbocycles. The minimum Gasteiger partial charge on any atom is -0.391 e. The molecular weight excluding hydrogens is 398 g/mol. The molecule has 0 radical (unpaired) electrons. The Morgan fingerprint density at radius 2 is 1.93 bits per heavy atom. The number of aliphatic hydroxyl groups is 1. The molecule has 2 heterocycles. The Kier molecular flexibility index (Phi) is 5.26. The minimum absolute atomic E-state index is 0.0466. The minimum atomic E-state index is -0.330. The van der Waals surface area contributed by atoms with Gasteiger partial charge in [-0.05, 0) is 62.3 Å². The SMILES string of the molecule is O=C(Nc1ccc2nccc(NC3CCCC3O)c2c1)Nc1ncc(C2CCC2)s1. The molecule has 30 heavy (non-hydrogen) atoms. The second-order valence-electron chi connectivity index (χ2n) is 8.11. The summed E-state index contributed by atoms with van der Waals surface area (Å²) >= 11 is 1.55. The van der Waals surface area contributed by atoms with Crippen molar-refractivity contribution in [1.29, 1.82) is 0 Å². The van der Waals surface area contributed by atoms with Crippen molar-refractivity contribution in [2.75, 3.05) is 16.0 Å². The van der Waals surface area contributed by atoms with Crippen LogP contribution >= 0.6 is 11.3 Å². The first-order valence-electron chi connectivity index (χ1n) is 10.5. The first kappa shape index (κ1) is 19.3. The highest BCUT2D eigenvalue weighted by Crippen LogP contribution is 2.40. The van der Waals surface area contributed by atoms with Gasteiger partial charge in [0.05, 0.1) is 17.7 Å². The van der Waals surface area contributed by atoms with E-state index in [1.54, 1.807) is 17.5 Å². The molecule has 2 aliphatic rings. The summed E-state index contributed by atoms with van der Waals surface area (Å²) in [5.74, 6) is 0.610. The van der Waals surface area contributed by atoms with Gasteiger partial charge in [0, 0.05) is 34.0 Å². The lowest BCUT2D eigenvalue weighted by Gasteiger charge is -2.23. The summed E-state index contributed by atoms with van der Waals surface area (Å²) in [4.78, 5) is 22.5. The molecule has 2 amide bonds. The van der Waals surface area contributed by atoms with Crippen molar-refractivity contribution in [1.82, 2.24) is 9.97 Å². The number of fused-ring (bicyclic) bond motifs is 1. The summed E-state index contributed by atoms with van der Waals surface area (Å²) in [6, 6.07) is 7.28. The van der Waals surface area contributed by atoms with Crippen LogP contribution in [0.15, 0.2) is 36.7 Å². The number of aromatic nitrogens is 2. The van der Waals surface area contributed by atoms with Crippen molar-refractivity contribution in [3.63, 3.8) is 0 Å². The van der Waals surface area contributed by atoms with Crippen molar-refractivity contribution in [2.24, 2.45) is 0 Å². The molecule has 5 rings (SSSR count). The van der Waals surface area contributed by atoms with E-state index in [2.05, 4.69) is 25.9 Å². The number of carbonyl (C=O) groups excluding carboxylic acids is 1. The van der Waals surface area contributed by atoms with Crippen LogP contribution in [0.4, 0.5) is 21.3 Å². The van der Waals surface area contributed by atoms with Crippen LogP contribution in [0.25, 0.3) is 10.9 Å². The normalized spacial score (nSPS) is 21.4. The fourth-order valence-electron chi connectivity index (χ4n) is 4.14. The average Bonchev–Trinajstić information content (AvgIpc) is 3.30. The van der Waals surface area contributed by atoms with Crippen LogP contribution in [0.1, 0.15) is 49.3 Å². The van der Waals surface area contributed by atoms with Gasteiger partial charge in [-0.2, -0.15) is 0 Å². The summed E-state index contributed by atoms with van der Waals surface area (Å²) in [7, 11) is 0. The van der Waals surface area contributed by atoms with E-state index < -0.39 is 0 Å². The van der Waals surface area contributed by atoms with Crippen LogP contribution in [-0.4, -0.2) is 33.3 Å². The van der Waals surface area contributed by atoms with Crippen molar-refractivity contribution in [2.45, 2.75) is 56.6 Å². The maximum Gasteiger partial charge on any atom is 0.325 e. The smallest absolute Gasteiger partial charge is 0.325 e. The number of carbonyl (C=O) groups is 1. The number of anilines is 3. The van der Waals surface area contributed by atoms with E-state index in [9.17, 15) is 9.90 Å². The molecular formula is C22H25N5O2S. The predicted octanol–water partition coefficient (Wildman–Crippen LogP) is 4.93. The fourth-order valence-corrected chi connectivity index (χ4v) is 5.12. The van der Waals surface area contributed by atoms with E-state index in [4.69, 9.17) is 0 Å². The summed E-state index contributed by atoms with van der Waals surface area (Å²) in [6.45, 7) is 0.